The molecule has 31 heavy (non-hydrogen) atoms. The molecule has 0 atom stereocenters. The molecular formula is C23H21Cl2N5O. The van der Waals surface area contributed by atoms with Crippen LogP contribution in [0.1, 0.15) is 16.8 Å². The zero-order valence-electron chi connectivity index (χ0n) is 16.5. The third-order valence-electron chi connectivity index (χ3n) is 4.87. The minimum absolute atomic E-state index is 0.137. The highest BCUT2D eigenvalue weighted by atomic mass is 35.5. The molecule has 2 heterocycles. The smallest absolute Gasteiger partial charge is 0.137 e. The van der Waals surface area contributed by atoms with Gasteiger partial charge in [0, 0.05) is 28.0 Å². The number of aromatic nitrogens is 2. The van der Waals surface area contributed by atoms with Gasteiger partial charge in [0.25, 0.3) is 0 Å². The standard InChI is InChI=1S/C23H21Cl2N5O/c24-18-7-5-16(6-8-18)22-23(30-10-2-1-3-21(30)28-22)20(26)13-29(27)12-15-4-9-19(25)17(11-15)14-31/h1-11,13,31H,12,14,26-27H2/b20-13-. The molecule has 8 heteroatoms. The Morgan fingerprint density at radius 2 is 1.87 bits per heavy atom. The summed E-state index contributed by atoms with van der Waals surface area (Å²) < 4.78 is 1.93. The molecule has 0 spiro atoms. The van der Waals surface area contributed by atoms with E-state index in [2.05, 4.69) is 0 Å². The Morgan fingerprint density at radius 3 is 2.61 bits per heavy atom. The van der Waals surface area contributed by atoms with Gasteiger partial charge in [0.15, 0.2) is 0 Å². The summed E-state index contributed by atoms with van der Waals surface area (Å²) in [7, 11) is 0. The van der Waals surface area contributed by atoms with Gasteiger partial charge >= 0.3 is 0 Å². The summed E-state index contributed by atoms with van der Waals surface area (Å²) in [6.45, 7) is 0.249. The highest BCUT2D eigenvalue weighted by Gasteiger charge is 2.16. The maximum Gasteiger partial charge on any atom is 0.137 e. The fraction of sp³-hybridized carbons (Fsp3) is 0.0870. The Balaban J connectivity index is 1.71. The van der Waals surface area contributed by atoms with Crippen LogP contribution in [0.15, 0.2) is 73.1 Å². The molecule has 0 aliphatic carbocycles. The van der Waals surface area contributed by atoms with E-state index < -0.39 is 0 Å². The Labute approximate surface area is 189 Å². The van der Waals surface area contributed by atoms with Crippen LogP contribution in [-0.2, 0) is 13.2 Å². The molecule has 0 aliphatic rings. The lowest BCUT2D eigenvalue weighted by Crippen LogP contribution is -2.26. The number of aliphatic hydroxyl groups is 1. The van der Waals surface area contributed by atoms with Crippen molar-refractivity contribution < 1.29 is 5.11 Å². The monoisotopic (exact) mass is 453 g/mol. The maximum absolute atomic E-state index is 9.42. The maximum atomic E-state index is 9.42. The summed E-state index contributed by atoms with van der Waals surface area (Å²) in [4.78, 5) is 4.75. The quantitative estimate of drug-likeness (QED) is 0.296. The third-order valence-corrected chi connectivity index (χ3v) is 5.49. The van der Waals surface area contributed by atoms with Crippen LogP contribution >= 0.6 is 23.2 Å². The van der Waals surface area contributed by atoms with Crippen molar-refractivity contribution in [2.24, 2.45) is 11.6 Å². The summed E-state index contributed by atoms with van der Waals surface area (Å²) >= 11 is 12.1. The van der Waals surface area contributed by atoms with Gasteiger partial charge in [-0.25, -0.2) is 10.8 Å². The highest BCUT2D eigenvalue weighted by Crippen LogP contribution is 2.29. The van der Waals surface area contributed by atoms with Gasteiger partial charge in [0.2, 0.25) is 0 Å². The van der Waals surface area contributed by atoms with Crippen LogP contribution in [0.4, 0.5) is 0 Å². The molecule has 6 nitrogen and oxygen atoms in total. The average Bonchev–Trinajstić information content (AvgIpc) is 3.15. The normalized spacial score (nSPS) is 11.8. The van der Waals surface area contributed by atoms with Crippen molar-refractivity contribution in [3.8, 4) is 11.3 Å². The molecule has 5 N–H and O–H groups in total. The molecule has 0 saturated heterocycles. The molecule has 0 saturated carbocycles. The van der Waals surface area contributed by atoms with Crippen molar-refractivity contribution in [1.82, 2.24) is 14.4 Å². The number of hydrogen-bond acceptors (Lipinski definition) is 5. The SMILES string of the molecule is N/C(=C\N(N)Cc1ccc(Cl)c(CO)c1)c1c(-c2ccc(Cl)cc2)nc2ccccn12. The number of imidazole rings is 1. The van der Waals surface area contributed by atoms with E-state index in [1.165, 1.54) is 5.01 Å². The summed E-state index contributed by atoms with van der Waals surface area (Å²) in [5, 5.41) is 12.1. The minimum Gasteiger partial charge on any atom is -0.396 e. The van der Waals surface area contributed by atoms with Gasteiger partial charge in [-0.3, -0.25) is 4.40 Å². The van der Waals surface area contributed by atoms with Crippen molar-refractivity contribution >= 4 is 34.5 Å². The topological polar surface area (TPSA) is 92.8 Å². The lowest BCUT2D eigenvalue weighted by molar-refractivity contribution is 0.281. The van der Waals surface area contributed by atoms with Gasteiger partial charge in [0.05, 0.1) is 30.2 Å². The van der Waals surface area contributed by atoms with Crippen LogP contribution < -0.4 is 11.6 Å². The molecule has 2 aromatic carbocycles. The van der Waals surface area contributed by atoms with Gasteiger partial charge < -0.3 is 15.8 Å². The predicted molar refractivity (Wildman–Crippen MR) is 125 cm³/mol. The zero-order valence-corrected chi connectivity index (χ0v) is 18.1. The van der Waals surface area contributed by atoms with Crippen molar-refractivity contribution in [3.63, 3.8) is 0 Å². The molecule has 4 aromatic rings. The number of hydrogen-bond donors (Lipinski definition) is 3. The molecule has 2 aromatic heterocycles. The number of fused-ring (bicyclic) bond motifs is 1. The van der Waals surface area contributed by atoms with Crippen molar-refractivity contribution in [3.05, 3.63) is 99.9 Å². The second-order valence-electron chi connectivity index (χ2n) is 7.09. The van der Waals surface area contributed by atoms with E-state index in [1.807, 2.05) is 65.2 Å². The predicted octanol–water partition coefficient (Wildman–Crippen LogP) is 4.43. The van der Waals surface area contributed by atoms with Crippen LogP contribution in [-0.4, -0.2) is 19.5 Å². The number of hydrazine groups is 1. The number of nitrogens with zero attached hydrogens (tertiary/aromatic N) is 3. The first-order valence-electron chi connectivity index (χ1n) is 9.56. The van der Waals surface area contributed by atoms with Gasteiger partial charge in [-0.1, -0.05) is 53.5 Å². The lowest BCUT2D eigenvalue weighted by atomic mass is 10.1. The largest absolute Gasteiger partial charge is 0.396 e. The van der Waals surface area contributed by atoms with E-state index >= 15 is 0 Å². The molecule has 0 fully saturated rings. The number of rotatable bonds is 6. The van der Waals surface area contributed by atoms with Gasteiger partial charge in [-0.15, -0.1) is 0 Å². The molecule has 0 bridgehead atoms. The van der Waals surface area contributed by atoms with Gasteiger partial charge in [0.1, 0.15) is 5.65 Å². The summed E-state index contributed by atoms with van der Waals surface area (Å²) in [6.07, 6.45) is 3.58. The molecular weight excluding hydrogens is 433 g/mol. The van der Waals surface area contributed by atoms with Gasteiger partial charge in [-0.2, -0.15) is 0 Å². The molecule has 0 aliphatic heterocycles. The number of aliphatic hydroxyl groups excluding tert-OH is 1. The lowest BCUT2D eigenvalue weighted by Gasteiger charge is -2.16. The highest BCUT2D eigenvalue weighted by molar-refractivity contribution is 6.31. The van der Waals surface area contributed by atoms with Crippen LogP contribution in [0, 0.1) is 0 Å². The summed E-state index contributed by atoms with van der Waals surface area (Å²) in [5.41, 5.74) is 11.6. The van der Waals surface area contributed by atoms with E-state index in [4.69, 9.17) is 39.8 Å². The minimum atomic E-state index is -0.137. The molecule has 0 unspecified atom stereocenters. The average molecular weight is 454 g/mol. The van der Waals surface area contributed by atoms with E-state index in [1.54, 1.807) is 12.3 Å². The third kappa shape index (κ3) is 4.52. The van der Waals surface area contributed by atoms with E-state index in [0.29, 0.717) is 27.9 Å². The first kappa shape index (κ1) is 21.2. The number of pyridine rings is 1. The second-order valence-corrected chi connectivity index (χ2v) is 7.93. The van der Waals surface area contributed by atoms with Crippen LogP contribution in [0.3, 0.4) is 0 Å². The molecule has 158 valence electrons. The number of halogens is 2. The summed E-state index contributed by atoms with van der Waals surface area (Å²) in [5.74, 6) is 6.23. The molecule has 4 rings (SSSR count). The number of nitrogens with two attached hydrogens (primary N) is 2. The Morgan fingerprint density at radius 1 is 1.10 bits per heavy atom. The summed E-state index contributed by atoms with van der Waals surface area (Å²) in [6, 6.07) is 18.6. The first-order chi connectivity index (χ1) is 15.0. The van der Waals surface area contributed by atoms with E-state index in [-0.39, 0.29) is 6.61 Å². The van der Waals surface area contributed by atoms with E-state index in [9.17, 15) is 5.11 Å². The van der Waals surface area contributed by atoms with E-state index in [0.717, 1.165) is 28.2 Å². The van der Waals surface area contributed by atoms with Crippen LogP contribution in [0.2, 0.25) is 10.0 Å². The second kappa shape index (κ2) is 8.99. The fourth-order valence-corrected chi connectivity index (χ4v) is 3.73. The zero-order chi connectivity index (χ0) is 22.0. The molecule has 0 radical (unpaired) electrons. The van der Waals surface area contributed by atoms with Crippen molar-refractivity contribution in [2.75, 3.05) is 0 Å². The Kier molecular flexibility index (Phi) is 6.15. The fourth-order valence-electron chi connectivity index (χ4n) is 3.42. The van der Waals surface area contributed by atoms with Crippen LogP contribution in [0.25, 0.3) is 22.6 Å². The van der Waals surface area contributed by atoms with Crippen molar-refractivity contribution in [1.29, 1.82) is 0 Å². The first-order valence-corrected chi connectivity index (χ1v) is 10.3. The molecule has 0 amide bonds. The Hall–Kier alpha value is -3.03. The van der Waals surface area contributed by atoms with Crippen LogP contribution in [0.5, 0.6) is 0 Å². The van der Waals surface area contributed by atoms with Crippen molar-refractivity contribution in [2.45, 2.75) is 13.2 Å². The number of benzene rings is 2. The van der Waals surface area contributed by atoms with Gasteiger partial charge in [-0.05, 0) is 41.5 Å². The Bertz CT molecular complexity index is 1250.